The molecule has 1 aromatic rings. The number of aliphatic hydroxyl groups excluding tert-OH is 1. The van der Waals surface area contributed by atoms with Gasteiger partial charge in [-0.3, -0.25) is 4.98 Å². The molecule has 6 atom stereocenters. The van der Waals surface area contributed by atoms with Crippen molar-refractivity contribution in [1.29, 1.82) is 0 Å². The van der Waals surface area contributed by atoms with Crippen LogP contribution in [-0.2, 0) is 0 Å². The lowest BCUT2D eigenvalue weighted by Gasteiger charge is -2.57. The van der Waals surface area contributed by atoms with E-state index >= 15 is 0 Å². The van der Waals surface area contributed by atoms with Gasteiger partial charge in [-0.2, -0.15) is 0 Å². The van der Waals surface area contributed by atoms with E-state index in [9.17, 15) is 5.11 Å². The van der Waals surface area contributed by atoms with Crippen LogP contribution >= 0.6 is 0 Å². The maximum Gasteiger partial charge on any atom is 0.0840 e. The number of aliphatic hydroxyl groups is 1. The van der Waals surface area contributed by atoms with E-state index < -0.39 is 0 Å². The van der Waals surface area contributed by atoms with Crippen molar-refractivity contribution in [3.63, 3.8) is 0 Å². The Kier molecular flexibility index (Phi) is 3.48. The molecule has 0 bridgehead atoms. The summed E-state index contributed by atoms with van der Waals surface area (Å²) in [5.74, 6) is 2.23. The summed E-state index contributed by atoms with van der Waals surface area (Å²) in [7, 11) is 0. The summed E-state index contributed by atoms with van der Waals surface area (Å²) in [6.07, 6.45) is 15.0. The fourth-order valence-electron chi connectivity index (χ4n) is 7.14. The Bertz CT molecular complexity index is 812. The van der Waals surface area contributed by atoms with Crippen molar-refractivity contribution >= 4 is 5.57 Å². The summed E-state index contributed by atoms with van der Waals surface area (Å²) in [5, 5.41) is 10.2. The van der Waals surface area contributed by atoms with Crippen LogP contribution in [0, 0.1) is 28.6 Å². The highest BCUT2D eigenvalue weighted by atomic mass is 16.3. The summed E-state index contributed by atoms with van der Waals surface area (Å²) in [6.45, 7) is 4.97. The second kappa shape index (κ2) is 5.79. The van der Waals surface area contributed by atoms with Gasteiger partial charge in [-0.1, -0.05) is 37.6 Å². The summed E-state index contributed by atoms with van der Waals surface area (Å²) in [4.78, 5) is 4.24. The van der Waals surface area contributed by atoms with Crippen molar-refractivity contribution in [2.75, 3.05) is 0 Å². The molecule has 2 heteroatoms. The van der Waals surface area contributed by atoms with E-state index in [1.165, 1.54) is 36.8 Å². The number of aromatic nitrogens is 1. The molecule has 0 radical (unpaired) electrons. The Labute approximate surface area is 158 Å². The molecule has 2 nitrogen and oxygen atoms in total. The van der Waals surface area contributed by atoms with Crippen molar-refractivity contribution in [3.8, 4) is 0 Å². The zero-order chi connectivity index (χ0) is 18.8. The number of nitrogens with zero attached hydrogens (tertiary/aromatic N) is 1. The van der Waals surface area contributed by atoms with E-state index in [1.807, 2.05) is 12.3 Å². The molecule has 5 rings (SSSR count). The van der Waals surface area contributed by atoms with Crippen LogP contribution in [0.2, 0.25) is 0 Å². The van der Waals surface area contributed by atoms with Crippen molar-refractivity contribution in [2.45, 2.75) is 64.9 Å². The molecule has 26 heavy (non-hydrogen) atoms. The molecule has 0 spiro atoms. The lowest BCUT2D eigenvalue weighted by atomic mass is 9.47. The quantitative estimate of drug-likeness (QED) is 0.688. The molecular weight excluding hydrogens is 318 g/mol. The van der Waals surface area contributed by atoms with Crippen LogP contribution in [0.3, 0.4) is 0 Å². The Morgan fingerprint density at radius 1 is 1.12 bits per heavy atom. The van der Waals surface area contributed by atoms with Gasteiger partial charge in [0.15, 0.2) is 0 Å². The van der Waals surface area contributed by atoms with Crippen molar-refractivity contribution in [1.82, 2.24) is 4.98 Å². The molecule has 2 saturated carbocycles. The molecule has 3 unspecified atom stereocenters. The number of hydrogen-bond donors (Lipinski definition) is 1. The number of pyridine rings is 1. The average Bonchev–Trinajstić information content (AvgIpc) is 3.00. The van der Waals surface area contributed by atoms with Crippen LogP contribution in [0.1, 0.15) is 65.7 Å². The number of rotatable bonds is 1. The first-order chi connectivity index (χ1) is 12.9. The summed E-state index contributed by atoms with van der Waals surface area (Å²) in [5.41, 5.74) is 4.78. The van der Waals surface area contributed by atoms with Gasteiger partial charge in [0.2, 0.25) is 0 Å². The normalized spacial score (nSPS) is 45.0. The minimum absolute atomic E-state index is 0.123. The zero-order valence-electron chi connectivity index (χ0n) is 17.0. The number of hydrogen-bond acceptors (Lipinski definition) is 2. The largest absolute Gasteiger partial charge is 0.393 e. The van der Waals surface area contributed by atoms with E-state index in [1.54, 1.807) is 5.57 Å². The molecule has 4 aliphatic carbocycles. The molecule has 2 fully saturated rings. The SMILES string of the molecule is [2H]c1ccc(C2=CCC3C4CC=C5C[C@@H](O)CC[C@]5(C)C4CC[C@]23C)cn1. The molecule has 1 N–H and O–H groups in total. The third-order valence-corrected chi connectivity index (χ3v) is 8.59. The second-order valence-electron chi connectivity index (χ2n) is 9.64. The lowest BCUT2D eigenvalue weighted by Crippen LogP contribution is -2.49. The van der Waals surface area contributed by atoms with Gasteiger partial charge >= 0.3 is 0 Å². The van der Waals surface area contributed by atoms with Gasteiger partial charge in [-0.15, -0.1) is 0 Å². The molecule has 0 saturated heterocycles. The molecule has 1 aromatic heterocycles. The van der Waals surface area contributed by atoms with Gasteiger partial charge in [0, 0.05) is 12.4 Å². The minimum Gasteiger partial charge on any atom is -0.393 e. The Balaban J connectivity index is 1.46. The van der Waals surface area contributed by atoms with Crippen LogP contribution in [-0.4, -0.2) is 16.2 Å². The van der Waals surface area contributed by atoms with Gasteiger partial charge in [-0.05, 0) is 90.7 Å². The predicted octanol–water partition coefficient (Wildman–Crippen LogP) is 5.40. The average molecular weight is 351 g/mol. The summed E-state index contributed by atoms with van der Waals surface area (Å²) in [6, 6.07) is 3.91. The highest BCUT2D eigenvalue weighted by molar-refractivity contribution is 5.72. The Hall–Kier alpha value is -1.41. The van der Waals surface area contributed by atoms with E-state index in [4.69, 9.17) is 1.37 Å². The molecule has 1 heterocycles. The third-order valence-electron chi connectivity index (χ3n) is 8.59. The van der Waals surface area contributed by atoms with Gasteiger partial charge in [-0.25, -0.2) is 0 Å². The topological polar surface area (TPSA) is 33.1 Å². The second-order valence-corrected chi connectivity index (χ2v) is 9.64. The van der Waals surface area contributed by atoms with Crippen LogP contribution in [0.25, 0.3) is 5.57 Å². The Morgan fingerprint density at radius 2 is 1.96 bits per heavy atom. The maximum atomic E-state index is 10.2. The van der Waals surface area contributed by atoms with Gasteiger partial charge in [0.1, 0.15) is 0 Å². The first-order valence-electron chi connectivity index (χ1n) is 10.9. The molecule has 0 aliphatic heterocycles. The van der Waals surface area contributed by atoms with E-state index in [-0.39, 0.29) is 11.5 Å². The monoisotopic (exact) mass is 350 g/mol. The van der Waals surface area contributed by atoms with Gasteiger partial charge < -0.3 is 5.11 Å². The van der Waals surface area contributed by atoms with E-state index in [2.05, 4.69) is 37.0 Å². The van der Waals surface area contributed by atoms with Crippen molar-refractivity contribution < 1.29 is 6.48 Å². The van der Waals surface area contributed by atoms with Crippen LogP contribution in [0.5, 0.6) is 0 Å². The fraction of sp³-hybridized carbons (Fsp3) is 0.625. The molecule has 0 amide bonds. The number of fused-ring (bicyclic) bond motifs is 5. The highest BCUT2D eigenvalue weighted by Gasteiger charge is 2.56. The molecular formula is C24H31NO. The van der Waals surface area contributed by atoms with Crippen molar-refractivity contribution in [2.24, 2.45) is 28.6 Å². The minimum atomic E-state index is -0.123. The highest BCUT2D eigenvalue weighted by Crippen LogP contribution is 2.66. The lowest BCUT2D eigenvalue weighted by molar-refractivity contribution is -0.0238. The van der Waals surface area contributed by atoms with Crippen LogP contribution in [0.15, 0.2) is 42.2 Å². The first-order valence-corrected chi connectivity index (χ1v) is 10.4. The zero-order valence-corrected chi connectivity index (χ0v) is 16.0. The predicted molar refractivity (Wildman–Crippen MR) is 105 cm³/mol. The maximum absolute atomic E-state index is 10.2. The Morgan fingerprint density at radius 3 is 2.77 bits per heavy atom. The molecule has 4 aliphatic rings. The van der Waals surface area contributed by atoms with Crippen molar-refractivity contribution in [3.05, 3.63) is 47.8 Å². The number of allylic oxidation sites excluding steroid dienone is 3. The smallest absolute Gasteiger partial charge is 0.0840 e. The van der Waals surface area contributed by atoms with Crippen LogP contribution in [0.4, 0.5) is 0 Å². The fourth-order valence-corrected chi connectivity index (χ4v) is 7.14. The standard InChI is InChI=1S/C24H31NO/c1-23-11-9-18(26)14-17(23)5-6-19-21-8-7-20(16-4-3-13-25-15-16)24(21,2)12-10-22(19)23/h3-5,7,13,15,18-19,21-22,26H,6,8-12,14H2,1-2H3/t18-,19?,21?,22?,23-,24+/m0/s1/i13D. The summed E-state index contributed by atoms with van der Waals surface area (Å²) >= 11 is 0. The molecule has 0 aromatic carbocycles. The van der Waals surface area contributed by atoms with E-state index in [0.29, 0.717) is 17.5 Å². The first kappa shape index (κ1) is 15.6. The third kappa shape index (κ3) is 2.24. The van der Waals surface area contributed by atoms with Crippen LogP contribution < -0.4 is 0 Å². The molecule has 138 valence electrons. The van der Waals surface area contributed by atoms with Gasteiger partial charge in [0.05, 0.1) is 7.47 Å². The van der Waals surface area contributed by atoms with Gasteiger partial charge in [0.25, 0.3) is 0 Å². The summed E-state index contributed by atoms with van der Waals surface area (Å²) < 4.78 is 7.68. The van der Waals surface area contributed by atoms with E-state index in [0.717, 1.165) is 31.1 Å².